The number of hydrogen-bond acceptors (Lipinski definition) is 4. The number of anilines is 2. The van der Waals surface area contributed by atoms with Gasteiger partial charge in [-0.05, 0) is 36.4 Å². The van der Waals surface area contributed by atoms with Crippen LogP contribution in [0, 0.1) is 5.92 Å². The lowest BCUT2D eigenvalue weighted by molar-refractivity contribution is -0.131. The van der Waals surface area contributed by atoms with Gasteiger partial charge in [0.05, 0.1) is 0 Å². The van der Waals surface area contributed by atoms with Crippen molar-refractivity contribution in [2.75, 3.05) is 42.9 Å². The number of para-hydroxylation sites is 1. The molecule has 0 unspecified atom stereocenters. The first-order valence-corrected chi connectivity index (χ1v) is 10.7. The summed E-state index contributed by atoms with van der Waals surface area (Å²) in [5.41, 5.74) is 2.32. The van der Waals surface area contributed by atoms with E-state index in [1.54, 1.807) is 24.3 Å². The lowest BCUT2D eigenvalue weighted by atomic mass is 10.1. The predicted molar refractivity (Wildman–Crippen MR) is 122 cm³/mol. The molecule has 3 amide bonds. The number of nitrogens with zero attached hydrogens (tertiary/aromatic N) is 2. The quantitative estimate of drug-likeness (QED) is 0.719. The van der Waals surface area contributed by atoms with E-state index in [-0.39, 0.29) is 30.1 Å². The Kier molecular flexibility index (Phi) is 7.65. The standard InChI is InChI=1S/C24H30N4O3/c1-18(2)23(30)26-20-10-8-19(9-11-20)24(31)25-13-12-22(29)28-16-14-27(15-17-28)21-6-4-3-5-7-21/h3-11,18H,12-17H2,1-2H3,(H,25,31)(H,26,30). The van der Waals surface area contributed by atoms with Crippen LogP contribution in [0.3, 0.4) is 0 Å². The Hall–Kier alpha value is -3.35. The molecular weight excluding hydrogens is 392 g/mol. The summed E-state index contributed by atoms with van der Waals surface area (Å²) < 4.78 is 0. The number of carbonyl (C=O) groups excluding carboxylic acids is 3. The van der Waals surface area contributed by atoms with Gasteiger partial charge in [-0.25, -0.2) is 0 Å². The Balaban J connectivity index is 1.39. The van der Waals surface area contributed by atoms with Crippen LogP contribution in [0.5, 0.6) is 0 Å². The first-order chi connectivity index (χ1) is 14.9. The molecule has 0 atom stereocenters. The summed E-state index contributed by atoms with van der Waals surface area (Å²) >= 11 is 0. The van der Waals surface area contributed by atoms with Crippen LogP contribution in [0.4, 0.5) is 11.4 Å². The van der Waals surface area contributed by atoms with Gasteiger partial charge in [0, 0.05) is 62.0 Å². The van der Waals surface area contributed by atoms with Gasteiger partial charge < -0.3 is 20.4 Å². The van der Waals surface area contributed by atoms with E-state index in [1.165, 1.54) is 5.69 Å². The molecule has 0 radical (unpaired) electrons. The molecule has 0 aliphatic carbocycles. The molecule has 2 aromatic carbocycles. The molecule has 0 saturated carbocycles. The molecule has 31 heavy (non-hydrogen) atoms. The average Bonchev–Trinajstić information content (AvgIpc) is 2.80. The molecule has 0 aromatic heterocycles. The summed E-state index contributed by atoms with van der Waals surface area (Å²) in [6, 6.07) is 16.9. The Morgan fingerprint density at radius 1 is 0.903 bits per heavy atom. The lowest BCUT2D eigenvalue weighted by Gasteiger charge is -2.36. The maximum absolute atomic E-state index is 12.5. The zero-order valence-electron chi connectivity index (χ0n) is 18.1. The molecule has 1 aliphatic heterocycles. The summed E-state index contributed by atoms with van der Waals surface area (Å²) in [7, 11) is 0. The molecule has 1 heterocycles. The Morgan fingerprint density at radius 2 is 1.55 bits per heavy atom. The summed E-state index contributed by atoms with van der Waals surface area (Å²) in [6.07, 6.45) is 0.277. The van der Waals surface area contributed by atoms with Crippen LogP contribution in [0.25, 0.3) is 0 Å². The summed E-state index contributed by atoms with van der Waals surface area (Å²) in [5, 5.41) is 5.59. The van der Waals surface area contributed by atoms with Crippen molar-refractivity contribution in [1.29, 1.82) is 0 Å². The van der Waals surface area contributed by atoms with Crippen molar-refractivity contribution in [1.82, 2.24) is 10.2 Å². The smallest absolute Gasteiger partial charge is 0.251 e. The molecule has 2 N–H and O–H groups in total. The van der Waals surface area contributed by atoms with Gasteiger partial charge in [0.2, 0.25) is 11.8 Å². The van der Waals surface area contributed by atoms with Crippen molar-refractivity contribution in [3.63, 3.8) is 0 Å². The lowest BCUT2D eigenvalue weighted by Crippen LogP contribution is -2.49. The average molecular weight is 423 g/mol. The molecule has 7 heteroatoms. The van der Waals surface area contributed by atoms with Crippen molar-refractivity contribution < 1.29 is 14.4 Å². The first-order valence-electron chi connectivity index (χ1n) is 10.7. The second kappa shape index (κ2) is 10.6. The van der Waals surface area contributed by atoms with Crippen LogP contribution in [0.1, 0.15) is 30.6 Å². The first kappa shape index (κ1) is 22.3. The van der Waals surface area contributed by atoms with Gasteiger partial charge in [-0.1, -0.05) is 32.0 Å². The highest BCUT2D eigenvalue weighted by molar-refractivity contribution is 5.96. The number of rotatable bonds is 7. The molecular formula is C24H30N4O3. The third kappa shape index (κ3) is 6.31. The fraction of sp³-hybridized carbons (Fsp3) is 0.375. The van der Waals surface area contributed by atoms with Crippen molar-refractivity contribution in [3.05, 3.63) is 60.2 Å². The molecule has 164 valence electrons. The highest BCUT2D eigenvalue weighted by atomic mass is 16.2. The van der Waals surface area contributed by atoms with Crippen molar-refractivity contribution in [3.8, 4) is 0 Å². The van der Waals surface area contributed by atoms with Crippen LogP contribution in [0.15, 0.2) is 54.6 Å². The van der Waals surface area contributed by atoms with Gasteiger partial charge in [0.15, 0.2) is 0 Å². The largest absolute Gasteiger partial charge is 0.368 e. The molecule has 2 aromatic rings. The third-order valence-electron chi connectivity index (χ3n) is 5.32. The monoisotopic (exact) mass is 422 g/mol. The SMILES string of the molecule is CC(C)C(=O)Nc1ccc(C(=O)NCCC(=O)N2CCN(c3ccccc3)CC2)cc1. The topological polar surface area (TPSA) is 81.8 Å². The van der Waals surface area contributed by atoms with Crippen LogP contribution in [0.2, 0.25) is 0 Å². The maximum atomic E-state index is 12.5. The van der Waals surface area contributed by atoms with E-state index >= 15 is 0 Å². The molecule has 1 saturated heterocycles. The van der Waals surface area contributed by atoms with E-state index in [0.29, 0.717) is 30.9 Å². The second-order valence-electron chi connectivity index (χ2n) is 7.93. The minimum atomic E-state index is -0.233. The molecule has 0 spiro atoms. The van der Waals surface area contributed by atoms with E-state index < -0.39 is 0 Å². The van der Waals surface area contributed by atoms with Gasteiger partial charge in [-0.2, -0.15) is 0 Å². The van der Waals surface area contributed by atoms with Crippen LogP contribution >= 0.6 is 0 Å². The number of piperazine rings is 1. The number of nitrogens with one attached hydrogen (secondary N) is 2. The molecule has 1 fully saturated rings. The second-order valence-corrected chi connectivity index (χ2v) is 7.93. The van der Waals surface area contributed by atoms with E-state index in [4.69, 9.17) is 0 Å². The minimum Gasteiger partial charge on any atom is -0.368 e. The van der Waals surface area contributed by atoms with E-state index in [2.05, 4.69) is 27.7 Å². The van der Waals surface area contributed by atoms with E-state index in [1.807, 2.05) is 36.9 Å². The van der Waals surface area contributed by atoms with Gasteiger partial charge in [-0.3, -0.25) is 14.4 Å². The van der Waals surface area contributed by atoms with E-state index in [9.17, 15) is 14.4 Å². The number of amides is 3. The molecule has 3 rings (SSSR count). The normalized spacial score (nSPS) is 13.8. The number of benzene rings is 2. The highest BCUT2D eigenvalue weighted by Gasteiger charge is 2.21. The van der Waals surface area contributed by atoms with Crippen LogP contribution in [-0.2, 0) is 9.59 Å². The van der Waals surface area contributed by atoms with Crippen molar-refractivity contribution in [2.24, 2.45) is 5.92 Å². The Labute approximate surface area is 183 Å². The highest BCUT2D eigenvalue weighted by Crippen LogP contribution is 2.16. The van der Waals surface area contributed by atoms with Gasteiger partial charge in [-0.15, -0.1) is 0 Å². The number of carbonyl (C=O) groups is 3. The predicted octanol–water partition coefficient (Wildman–Crippen LogP) is 2.75. The third-order valence-corrected chi connectivity index (χ3v) is 5.32. The van der Waals surface area contributed by atoms with Crippen LogP contribution in [-0.4, -0.2) is 55.3 Å². The zero-order chi connectivity index (χ0) is 22.2. The van der Waals surface area contributed by atoms with Crippen LogP contribution < -0.4 is 15.5 Å². The Bertz CT molecular complexity index is 889. The molecule has 1 aliphatic rings. The molecule has 7 nitrogen and oxygen atoms in total. The zero-order valence-corrected chi connectivity index (χ0v) is 18.1. The van der Waals surface area contributed by atoms with Crippen molar-refractivity contribution in [2.45, 2.75) is 20.3 Å². The van der Waals surface area contributed by atoms with E-state index in [0.717, 1.165) is 13.1 Å². The fourth-order valence-electron chi connectivity index (χ4n) is 3.39. The number of hydrogen-bond donors (Lipinski definition) is 2. The summed E-state index contributed by atoms with van der Waals surface area (Å²) in [4.78, 5) is 40.7. The fourth-order valence-corrected chi connectivity index (χ4v) is 3.39. The Morgan fingerprint density at radius 3 is 2.16 bits per heavy atom. The van der Waals surface area contributed by atoms with Crippen molar-refractivity contribution >= 4 is 29.1 Å². The summed E-state index contributed by atoms with van der Waals surface area (Å²) in [6.45, 7) is 6.92. The van der Waals surface area contributed by atoms with Gasteiger partial charge >= 0.3 is 0 Å². The van der Waals surface area contributed by atoms with Gasteiger partial charge in [0.25, 0.3) is 5.91 Å². The summed E-state index contributed by atoms with van der Waals surface area (Å²) in [5.74, 6) is -0.356. The minimum absolute atomic E-state index is 0.0553. The maximum Gasteiger partial charge on any atom is 0.251 e. The molecule has 0 bridgehead atoms. The van der Waals surface area contributed by atoms with Gasteiger partial charge in [0.1, 0.15) is 0 Å².